The second kappa shape index (κ2) is 5.28. The molecule has 0 bridgehead atoms. The molecule has 1 N–H and O–H groups in total. The minimum absolute atomic E-state index is 0.145. The van der Waals surface area contributed by atoms with Crippen LogP contribution in [0.5, 0.6) is 0 Å². The van der Waals surface area contributed by atoms with Crippen molar-refractivity contribution >= 4 is 34.3 Å². The largest absolute Gasteiger partial charge is 0.371 e. The molecule has 18 heavy (non-hydrogen) atoms. The molecule has 0 aliphatic rings. The van der Waals surface area contributed by atoms with Crippen LogP contribution in [-0.2, 0) is 6.54 Å². The van der Waals surface area contributed by atoms with Gasteiger partial charge in [0.25, 0.3) is 5.69 Å². The molecule has 8 heteroatoms. The predicted octanol–water partition coefficient (Wildman–Crippen LogP) is 3.46. The van der Waals surface area contributed by atoms with Gasteiger partial charge in [-0.05, 0) is 6.07 Å². The molecule has 94 valence electrons. The molecule has 0 amide bonds. The van der Waals surface area contributed by atoms with Gasteiger partial charge >= 0.3 is 0 Å². The summed E-state index contributed by atoms with van der Waals surface area (Å²) < 4.78 is 14.0. The van der Waals surface area contributed by atoms with Gasteiger partial charge in [0.2, 0.25) is 0 Å². The van der Waals surface area contributed by atoms with Crippen molar-refractivity contribution < 1.29 is 9.31 Å². The first kappa shape index (κ1) is 12.7. The van der Waals surface area contributed by atoms with E-state index >= 15 is 0 Å². The van der Waals surface area contributed by atoms with Crippen LogP contribution in [-0.4, -0.2) is 9.91 Å². The monoisotopic (exact) mass is 287 g/mol. The average Bonchev–Trinajstić information content (AvgIpc) is 2.73. The number of nitro groups is 1. The Morgan fingerprint density at radius 3 is 2.94 bits per heavy atom. The van der Waals surface area contributed by atoms with Crippen molar-refractivity contribution in [1.29, 1.82) is 0 Å². The van der Waals surface area contributed by atoms with Crippen LogP contribution >= 0.6 is 22.9 Å². The summed E-state index contributed by atoms with van der Waals surface area (Å²) >= 11 is 6.93. The third-order valence-corrected chi connectivity index (χ3v) is 3.24. The molecule has 0 aliphatic carbocycles. The molecule has 0 unspecified atom stereocenters. The lowest BCUT2D eigenvalue weighted by Gasteiger charge is -2.06. The van der Waals surface area contributed by atoms with Gasteiger partial charge in [0, 0.05) is 6.07 Å². The fraction of sp³-hybridized carbons (Fsp3) is 0.100. The molecule has 0 fully saturated rings. The van der Waals surface area contributed by atoms with Crippen LogP contribution in [0.4, 0.5) is 15.8 Å². The van der Waals surface area contributed by atoms with Gasteiger partial charge in [-0.3, -0.25) is 10.1 Å². The number of rotatable bonds is 4. The zero-order valence-corrected chi connectivity index (χ0v) is 10.5. The van der Waals surface area contributed by atoms with Gasteiger partial charge in [-0.1, -0.05) is 17.7 Å². The summed E-state index contributed by atoms with van der Waals surface area (Å²) in [5, 5.41) is 14.0. The van der Waals surface area contributed by atoms with Crippen molar-refractivity contribution in [3.05, 3.63) is 49.7 Å². The lowest BCUT2D eigenvalue weighted by Crippen LogP contribution is -2.04. The third kappa shape index (κ3) is 2.74. The normalized spacial score (nSPS) is 10.3. The van der Waals surface area contributed by atoms with Crippen LogP contribution < -0.4 is 5.32 Å². The number of para-hydroxylation sites is 1. The Morgan fingerprint density at radius 1 is 1.56 bits per heavy atom. The molecule has 2 aromatic rings. The molecular formula is C10H7ClFN3O2S. The van der Waals surface area contributed by atoms with Gasteiger partial charge in [-0.2, -0.15) is 0 Å². The number of nitro benzene ring substituents is 1. The molecule has 1 heterocycles. The summed E-state index contributed by atoms with van der Waals surface area (Å²) in [4.78, 5) is 14.1. The number of aromatic nitrogens is 1. The van der Waals surface area contributed by atoms with E-state index in [1.54, 1.807) is 0 Å². The quantitative estimate of drug-likeness (QED) is 0.691. The van der Waals surface area contributed by atoms with Crippen molar-refractivity contribution in [1.82, 2.24) is 4.98 Å². The average molecular weight is 288 g/mol. The van der Waals surface area contributed by atoms with Crippen molar-refractivity contribution in [3.8, 4) is 0 Å². The van der Waals surface area contributed by atoms with Crippen molar-refractivity contribution in [2.45, 2.75) is 6.54 Å². The molecule has 0 saturated carbocycles. The molecule has 0 spiro atoms. The molecule has 0 atom stereocenters. The van der Waals surface area contributed by atoms with Crippen LogP contribution in [0.3, 0.4) is 0 Å². The standard InChI is InChI=1S/C10H7ClFN3O2S/c11-8-4-13-9(18-8)5-14-10-6(12)2-1-3-7(10)15(16)17/h1-4,14H,5H2. The Balaban J connectivity index is 2.20. The first-order valence-corrected chi connectivity index (χ1v) is 6.04. The summed E-state index contributed by atoms with van der Waals surface area (Å²) in [7, 11) is 0. The Bertz CT molecular complexity index is 590. The van der Waals surface area contributed by atoms with E-state index in [1.165, 1.54) is 29.7 Å². The maximum Gasteiger partial charge on any atom is 0.295 e. The van der Waals surface area contributed by atoms with E-state index in [9.17, 15) is 14.5 Å². The highest BCUT2D eigenvalue weighted by Crippen LogP contribution is 2.28. The number of benzene rings is 1. The maximum absolute atomic E-state index is 13.5. The zero-order valence-electron chi connectivity index (χ0n) is 8.89. The summed E-state index contributed by atoms with van der Waals surface area (Å²) in [5.74, 6) is -0.674. The molecule has 1 aromatic carbocycles. The first-order valence-electron chi connectivity index (χ1n) is 4.85. The van der Waals surface area contributed by atoms with Crippen LogP contribution in [0, 0.1) is 15.9 Å². The number of anilines is 1. The summed E-state index contributed by atoms with van der Waals surface area (Å²) in [5.41, 5.74) is -0.452. The van der Waals surface area contributed by atoms with E-state index < -0.39 is 10.7 Å². The predicted molar refractivity (Wildman–Crippen MR) is 67.5 cm³/mol. The number of nitrogens with one attached hydrogen (secondary N) is 1. The summed E-state index contributed by atoms with van der Waals surface area (Å²) in [6, 6.07) is 3.68. The van der Waals surface area contributed by atoms with Gasteiger partial charge < -0.3 is 5.32 Å². The molecule has 0 radical (unpaired) electrons. The second-order valence-corrected chi connectivity index (χ2v) is 5.05. The van der Waals surface area contributed by atoms with E-state index in [0.717, 1.165) is 6.07 Å². The van der Waals surface area contributed by atoms with E-state index in [2.05, 4.69) is 10.3 Å². The fourth-order valence-electron chi connectivity index (χ4n) is 1.37. The van der Waals surface area contributed by atoms with Gasteiger partial charge in [0.1, 0.15) is 15.0 Å². The molecular weight excluding hydrogens is 281 g/mol. The van der Waals surface area contributed by atoms with E-state index in [1.807, 2.05) is 0 Å². The Hall–Kier alpha value is -1.73. The number of halogens is 2. The molecule has 0 aliphatic heterocycles. The van der Waals surface area contributed by atoms with Gasteiger partial charge in [-0.15, -0.1) is 11.3 Å². The Kier molecular flexibility index (Phi) is 3.73. The SMILES string of the molecule is O=[N+]([O-])c1cccc(F)c1NCc1ncc(Cl)s1. The van der Waals surface area contributed by atoms with Crippen LogP contribution in [0.25, 0.3) is 0 Å². The Labute approximate surface area is 110 Å². The maximum atomic E-state index is 13.5. The zero-order chi connectivity index (χ0) is 13.1. The molecule has 2 rings (SSSR count). The number of nitrogens with zero attached hydrogens (tertiary/aromatic N) is 2. The van der Waals surface area contributed by atoms with E-state index in [-0.39, 0.29) is 17.9 Å². The van der Waals surface area contributed by atoms with Gasteiger partial charge in [-0.25, -0.2) is 9.37 Å². The lowest BCUT2D eigenvalue weighted by atomic mass is 10.2. The highest BCUT2D eigenvalue weighted by atomic mass is 35.5. The fourth-order valence-corrected chi connectivity index (χ4v) is 2.27. The minimum atomic E-state index is -0.674. The first-order chi connectivity index (χ1) is 8.58. The summed E-state index contributed by atoms with van der Waals surface area (Å²) in [6.07, 6.45) is 1.47. The number of thiazole rings is 1. The highest BCUT2D eigenvalue weighted by molar-refractivity contribution is 7.15. The minimum Gasteiger partial charge on any atom is -0.371 e. The van der Waals surface area contributed by atoms with Crippen molar-refractivity contribution in [2.75, 3.05) is 5.32 Å². The topological polar surface area (TPSA) is 68.1 Å². The van der Waals surface area contributed by atoms with Crippen LogP contribution in [0.2, 0.25) is 4.34 Å². The van der Waals surface area contributed by atoms with E-state index in [0.29, 0.717) is 9.34 Å². The van der Waals surface area contributed by atoms with Crippen LogP contribution in [0.1, 0.15) is 5.01 Å². The highest BCUT2D eigenvalue weighted by Gasteiger charge is 2.17. The second-order valence-electron chi connectivity index (χ2n) is 3.30. The van der Waals surface area contributed by atoms with Crippen molar-refractivity contribution in [3.63, 3.8) is 0 Å². The number of hydrogen-bond donors (Lipinski definition) is 1. The molecule has 1 aromatic heterocycles. The van der Waals surface area contributed by atoms with Crippen molar-refractivity contribution in [2.24, 2.45) is 0 Å². The molecule has 0 saturated heterocycles. The number of hydrogen-bond acceptors (Lipinski definition) is 5. The lowest BCUT2D eigenvalue weighted by molar-refractivity contribution is -0.384. The smallest absolute Gasteiger partial charge is 0.295 e. The van der Waals surface area contributed by atoms with Gasteiger partial charge in [0.15, 0.2) is 5.82 Å². The third-order valence-electron chi connectivity index (χ3n) is 2.13. The van der Waals surface area contributed by atoms with Crippen LogP contribution in [0.15, 0.2) is 24.4 Å². The Morgan fingerprint density at radius 2 is 2.33 bits per heavy atom. The van der Waals surface area contributed by atoms with E-state index in [4.69, 9.17) is 11.6 Å². The van der Waals surface area contributed by atoms with Gasteiger partial charge in [0.05, 0.1) is 17.7 Å². The molecule has 5 nitrogen and oxygen atoms in total. The summed E-state index contributed by atoms with van der Waals surface area (Å²) in [6.45, 7) is 0.180.